The molecule has 7 nitrogen and oxygen atoms in total. The van der Waals surface area contributed by atoms with Crippen LogP contribution in [-0.4, -0.2) is 56.4 Å². The highest BCUT2D eigenvalue weighted by Crippen LogP contribution is 2.20. The Morgan fingerprint density at radius 3 is 2.40 bits per heavy atom. The summed E-state index contributed by atoms with van der Waals surface area (Å²) in [4.78, 5) is 31.9. The number of halogens is 1. The van der Waals surface area contributed by atoms with E-state index in [1.165, 1.54) is 0 Å². The van der Waals surface area contributed by atoms with Gasteiger partial charge in [0, 0.05) is 51.9 Å². The van der Waals surface area contributed by atoms with Crippen molar-refractivity contribution in [1.82, 2.24) is 15.5 Å². The number of guanidine groups is 1. The van der Waals surface area contributed by atoms with Crippen LogP contribution in [0.15, 0.2) is 59.6 Å². The number of amides is 2. The summed E-state index contributed by atoms with van der Waals surface area (Å²) in [7, 11) is 5.18. The molecular weight excluding hydrogens is 493 g/mol. The predicted octanol–water partition coefficient (Wildman–Crippen LogP) is 2.48. The number of nitrogens with one attached hydrogen (secondary N) is 2. The summed E-state index contributed by atoms with van der Waals surface area (Å²) in [6, 6.07) is 17.2. The third-order valence-corrected chi connectivity index (χ3v) is 4.82. The summed E-state index contributed by atoms with van der Waals surface area (Å²) in [6.07, 6.45) is 0.428. The molecule has 1 saturated heterocycles. The molecule has 0 aliphatic carbocycles. The number of benzene rings is 2. The Morgan fingerprint density at radius 2 is 1.80 bits per heavy atom. The second-order valence-electron chi connectivity index (χ2n) is 7.21. The minimum absolute atomic E-state index is 0. The predicted molar refractivity (Wildman–Crippen MR) is 130 cm³/mol. The molecule has 2 amide bonds. The number of carbonyl (C=O) groups excluding carboxylic acids is 2. The van der Waals surface area contributed by atoms with Crippen LogP contribution in [0.1, 0.15) is 22.3 Å². The van der Waals surface area contributed by atoms with E-state index < -0.39 is 0 Å². The van der Waals surface area contributed by atoms with Crippen LogP contribution in [-0.2, 0) is 11.3 Å². The van der Waals surface area contributed by atoms with Gasteiger partial charge in [-0.1, -0.05) is 30.3 Å². The number of aliphatic imine (C=N–C) groups is 1. The lowest BCUT2D eigenvalue weighted by molar-refractivity contribution is -0.117. The summed E-state index contributed by atoms with van der Waals surface area (Å²) in [5, 5.41) is 6.59. The molecule has 0 aromatic heterocycles. The van der Waals surface area contributed by atoms with Crippen molar-refractivity contribution in [2.45, 2.75) is 19.0 Å². The lowest BCUT2D eigenvalue weighted by Gasteiger charge is -2.19. The van der Waals surface area contributed by atoms with E-state index in [-0.39, 0.29) is 41.8 Å². The minimum Gasteiger partial charge on any atom is -0.352 e. The van der Waals surface area contributed by atoms with Crippen molar-refractivity contribution in [3.63, 3.8) is 0 Å². The van der Waals surface area contributed by atoms with E-state index in [1.807, 2.05) is 54.6 Å². The van der Waals surface area contributed by atoms with Gasteiger partial charge in [0.2, 0.25) is 5.91 Å². The van der Waals surface area contributed by atoms with Crippen LogP contribution < -0.4 is 15.5 Å². The molecular formula is C22H28IN5O2. The third-order valence-electron chi connectivity index (χ3n) is 4.82. The fourth-order valence-electron chi connectivity index (χ4n) is 3.26. The lowest BCUT2D eigenvalue weighted by Crippen LogP contribution is -2.44. The van der Waals surface area contributed by atoms with Crippen LogP contribution in [0, 0.1) is 0 Å². The molecule has 1 aliphatic heterocycles. The summed E-state index contributed by atoms with van der Waals surface area (Å²) >= 11 is 0. The quantitative estimate of drug-likeness (QED) is 0.360. The van der Waals surface area contributed by atoms with E-state index in [2.05, 4.69) is 15.6 Å². The lowest BCUT2D eigenvalue weighted by atomic mass is 10.1. The van der Waals surface area contributed by atoms with Crippen LogP contribution >= 0.6 is 24.0 Å². The second kappa shape index (κ2) is 11.0. The summed E-state index contributed by atoms with van der Waals surface area (Å²) in [6.45, 7) is 1.17. The van der Waals surface area contributed by atoms with Gasteiger partial charge in [-0.3, -0.25) is 14.6 Å². The molecule has 2 aromatic carbocycles. The van der Waals surface area contributed by atoms with Crippen LogP contribution in [0.25, 0.3) is 0 Å². The van der Waals surface area contributed by atoms with Crippen molar-refractivity contribution < 1.29 is 9.59 Å². The first-order valence-corrected chi connectivity index (χ1v) is 9.61. The van der Waals surface area contributed by atoms with E-state index in [0.29, 0.717) is 31.0 Å². The van der Waals surface area contributed by atoms with Crippen LogP contribution in [0.4, 0.5) is 5.69 Å². The number of hydrogen-bond donors (Lipinski definition) is 2. The first-order valence-electron chi connectivity index (χ1n) is 9.61. The van der Waals surface area contributed by atoms with Crippen molar-refractivity contribution >= 4 is 47.4 Å². The minimum atomic E-state index is -0.0177. The highest BCUT2D eigenvalue weighted by Gasteiger charge is 2.31. The zero-order chi connectivity index (χ0) is 20.8. The van der Waals surface area contributed by atoms with E-state index in [4.69, 9.17) is 0 Å². The average molecular weight is 521 g/mol. The molecule has 160 valence electrons. The molecule has 1 fully saturated rings. The van der Waals surface area contributed by atoms with Crippen molar-refractivity contribution in [3.05, 3.63) is 65.7 Å². The van der Waals surface area contributed by atoms with E-state index in [1.54, 1.807) is 30.9 Å². The van der Waals surface area contributed by atoms with Gasteiger partial charge in [-0.25, -0.2) is 0 Å². The van der Waals surface area contributed by atoms with Gasteiger partial charge < -0.3 is 20.4 Å². The van der Waals surface area contributed by atoms with Crippen LogP contribution in [0.5, 0.6) is 0 Å². The van der Waals surface area contributed by atoms with E-state index in [0.717, 1.165) is 11.3 Å². The second-order valence-corrected chi connectivity index (χ2v) is 7.21. The molecule has 8 heteroatoms. The molecule has 1 heterocycles. The van der Waals surface area contributed by atoms with Gasteiger partial charge >= 0.3 is 0 Å². The van der Waals surface area contributed by atoms with Crippen LogP contribution in [0.3, 0.4) is 0 Å². The molecule has 2 aromatic rings. The highest BCUT2D eigenvalue weighted by molar-refractivity contribution is 14.0. The molecule has 1 aliphatic rings. The highest BCUT2D eigenvalue weighted by atomic mass is 127. The Kier molecular flexibility index (Phi) is 8.64. The molecule has 0 spiro atoms. The Morgan fingerprint density at radius 1 is 1.13 bits per heavy atom. The maximum absolute atomic E-state index is 12.4. The summed E-state index contributed by atoms with van der Waals surface area (Å²) in [5.74, 6) is 0.729. The molecule has 3 rings (SSSR count). The van der Waals surface area contributed by atoms with Gasteiger partial charge in [0.1, 0.15) is 0 Å². The van der Waals surface area contributed by atoms with Gasteiger partial charge in [0.25, 0.3) is 5.91 Å². The fourth-order valence-corrected chi connectivity index (χ4v) is 3.26. The van der Waals surface area contributed by atoms with Gasteiger partial charge in [-0.2, -0.15) is 0 Å². The smallest absolute Gasteiger partial charge is 0.253 e. The maximum atomic E-state index is 12.4. The molecule has 1 unspecified atom stereocenters. The zero-order valence-corrected chi connectivity index (χ0v) is 19.8. The van der Waals surface area contributed by atoms with Crippen LogP contribution in [0.2, 0.25) is 0 Å². The van der Waals surface area contributed by atoms with Gasteiger partial charge in [-0.05, 0) is 29.8 Å². The Labute approximate surface area is 194 Å². The van der Waals surface area contributed by atoms with E-state index >= 15 is 0 Å². The number of rotatable bonds is 5. The zero-order valence-electron chi connectivity index (χ0n) is 17.5. The Hall–Kier alpha value is -2.62. The SMILES string of the molecule is CN=C(NCc1ccc(C(=O)N(C)C)cc1)NC1CC(=O)N(c2ccccc2)C1.I. The third kappa shape index (κ3) is 5.94. The summed E-state index contributed by atoms with van der Waals surface area (Å²) < 4.78 is 0. The molecule has 2 N–H and O–H groups in total. The number of carbonyl (C=O) groups is 2. The molecule has 1 atom stereocenters. The number of para-hydroxylation sites is 1. The Balaban J connectivity index is 0.00000320. The van der Waals surface area contributed by atoms with Crippen molar-refractivity contribution in [3.8, 4) is 0 Å². The topological polar surface area (TPSA) is 77.0 Å². The fraction of sp³-hybridized carbons (Fsp3) is 0.318. The van der Waals surface area contributed by atoms with Crippen molar-refractivity contribution in [1.29, 1.82) is 0 Å². The largest absolute Gasteiger partial charge is 0.352 e. The van der Waals surface area contributed by atoms with Crippen molar-refractivity contribution in [2.24, 2.45) is 4.99 Å². The van der Waals surface area contributed by atoms with Crippen molar-refractivity contribution in [2.75, 3.05) is 32.6 Å². The number of nitrogens with zero attached hydrogens (tertiary/aromatic N) is 3. The summed E-state index contributed by atoms with van der Waals surface area (Å²) in [5.41, 5.74) is 2.61. The number of hydrogen-bond acceptors (Lipinski definition) is 3. The Bertz CT molecular complexity index is 884. The molecule has 30 heavy (non-hydrogen) atoms. The van der Waals surface area contributed by atoms with Gasteiger partial charge in [0.15, 0.2) is 5.96 Å². The number of anilines is 1. The monoisotopic (exact) mass is 521 g/mol. The normalized spacial score (nSPS) is 16.1. The van der Waals surface area contributed by atoms with Gasteiger partial charge in [0.05, 0.1) is 6.04 Å². The maximum Gasteiger partial charge on any atom is 0.253 e. The van der Waals surface area contributed by atoms with E-state index in [9.17, 15) is 9.59 Å². The average Bonchev–Trinajstić information content (AvgIpc) is 3.11. The standard InChI is InChI=1S/C22H27N5O2.HI/c1-23-22(24-14-16-9-11-17(12-10-16)21(29)26(2)3)25-18-13-20(28)27(15-18)19-7-5-4-6-8-19;/h4-12,18H,13-15H2,1-3H3,(H2,23,24,25);1H. The first-order chi connectivity index (χ1) is 14.0. The molecule has 0 saturated carbocycles. The van der Waals surface area contributed by atoms with Gasteiger partial charge in [-0.15, -0.1) is 24.0 Å². The molecule has 0 bridgehead atoms. The molecule has 0 radical (unpaired) electrons. The first kappa shape index (κ1) is 23.7.